The van der Waals surface area contributed by atoms with Crippen LogP contribution in [0.15, 0.2) is 36.4 Å². The summed E-state index contributed by atoms with van der Waals surface area (Å²) in [6, 6.07) is 11.7. The molecule has 0 N–H and O–H groups in total. The predicted octanol–water partition coefficient (Wildman–Crippen LogP) is 1.70. The molecule has 0 bridgehead atoms. The first kappa shape index (κ1) is 23.5. The van der Waals surface area contributed by atoms with Crippen LogP contribution in [0.4, 0.5) is 0 Å². The zero-order valence-corrected chi connectivity index (χ0v) is 20.4. The summed E-state index contributed by atoms with van der Waals surface area (Å²) >= 11 is 0. The molecule has 9 heteroatoms. The number of rotatable bonds is 7. The van der Waals surface area contributed by atoms with Gasteiger partial charge in [0.25, 0.3) is 11.8 Å². The van der Waals surface area contributed by atoms with Crippen molar-refractivity contribution in [3.8, 4) is 0 Å². The second kappa shape index (κ2) is 10.2. The van der Waals surface area contributed by atoms with Gasteiger partial charge in [-0.05, 0) is 31.9 Å². The molecule has 35 heavy (non-hydrogen) atoms. The van der Waals surface area contributed by atoms with Gasteiger partial charge in [0.1, 0.15) is 5.69 Å². The largest absolute Gasteiger partial charge is 0.340 e. The number of fused-ring (bicyclic) bond motifs is 1. The maximum atomic E-state index is 13.4. The quantitative estimate of drug-likeness (QED) is 0.605. The first-order chi connectivity index (χ1) is 17.0. The van der Waals surface area contributed by atoms with Crippen LogP contribution in [0.1, 0.15) is 52.2 Å². The Kier molecular flexibility index (Phi) is 6.86. The van der Waals surface area contributed by atoms with Gasteiger partial charge >= 0.3 is 0 Å². The van der Waals surface area contributed by atoms with E-state index in [1.54, 1.807) is 15.6 Å². The Morgan fingerprint density at radius 1 is 1.03 bits per heavy atom. The number of carbonyl (C=O) groups excluding carboxylic acids is 3. The van der Waals surface area contributed by atoms with Crippen LogP contribution in [-0.4, -0.2) is 99.5 Å². The summed E-state index contributed by atoms with van der Waals surface area (Å²) in [5.74, 6) is -0.174. The van der Waals surface area contributed by atoms with Gasteiger partial charge in [0.15, 0.2) is 5.69 Å². The van der Waals surface area contributed by atoms with Crippen molar-refractivity contribution in [3.63, 3.8) is 0 Å². The molecule has 0 spiro atoms. The molecule has 186 valence electrons. The van der Waals surface area contributed by atoms with Gasteiger partial charge in [0.2, 0.25) is 5.91 Å². The SMILES string of the molecule is CN1CCN(C(=O)CCN(C(=O)c2cc3n(n2)CCCN(Cc2ccccc2)C3=O)C2CC2)CC1. The first-order valence-corrected chi connectivity index (χ1v) is 12.7. The van der Waals surface area contributed by atoms with Crippen molar-refractivity contribution in [2.75, 3.05) is 46.3 Å². The van der Waals surface area contributed by atoms with E-state index in [1.165, 1.54) is 0 Å². The van der Waals surface area contributed by atoms with Crippen LogP contribution in [0.25, 0.3) is 0 Å². The molecule has 1 saturated carbocycles. The van der Waals surface area contributed by atoms with E-state index in [0.717, 1.165) is 51.0 Å². The Morgan fingerprint density at radius 2 is 1.77 bits per heavy atom. The third-order valence-corrected chi connectivity index (χ3v) is 7.19. The van der Waals surface area contributed by atoms with Crippen LogP contribution in [-0.2, 0) is 17.9 Å². The lowest BCUT2D eigenvalue weighted by molar-refractivity contribution is -0.133. The van der Waals surface area contributed by atoms with E-state index in [-0.39, 0.29) is 23.8 Å². The highest BCUT2D eigenvalue weighted by atomic mass is 16.2. The standard InChI is InChI=1S/C26H34N6O3/c1-28-14-16-29(17-15-28)24(33)10-13-31(21-8-9-21)25(34)22-18-23-26(35)30(11-5-12-32(23)27-22)19-20-6-3-2-4-7-20/h2-4,6-7,18,21H,5,8-17,19H2,1H3. The number of piperazine rings is 1. The van der Waals surface area contributed by atoms with E-state index in [2.05, 4.69) is 17.0 Å². The fourth-order valence-electron chi connectivity index (χ4n) is 4.91. The fourth-order valence-corrected chi connectivity index (χ4v) is 4.91. The zero-order valence-electron chi connectivity index (χ0n) is 20.4. The van der Waals surface area contributed by atoms with E-state index in [1.807, 2.05) is 40.1 Å². The molecule has 3 amide bonds. The molecule has 2 aromatic rings. The van der Waals surface area contributed by atoms with Gasteiger partial charge in [0.05, 0.1) is 0 Å². The molecule has 3 aliphatic rings. The number of aromatic nitrogens is 2. The van der Waals surface area contributed by atoms with Gasteiger partial charge in [-0.3, -0.25) is 19.1 Å². The van der Waals surface area contributed by atoms with Crippen LogP contribution in [0.2, 0.25) is 0 Å². The molecule has 1 aliphatic carbocycles. The number of aryl methyl sites for hydroxylation is 1. The van der Waals surface area contributed by atoms with Crippen LogP contribution >= 0.6 is 0 Å². The van der Waals surface area contributed by atoms with Gasteiger partial charge in [-0.2, -0.15) is 5.10 Å². The van der Waals surface area contributed by atoms with Gasteiger partial charge in [-0.25, -0.2) is 0 Å². The van der Waals surface area contributed by atoms with Crippen LogP contribution in [0.5, 0.6) is 0 Å². The summed E-state index contributed by atoms with van der Waals surface area (Å²) < 4.78 is 1.68. The number of hydrogen-bond donors (Lipinski definition) is 0. The first-order valence-electron chi connectivity index (χ1n) is 12.7. The molecule has 5 rings (SSSR count). The molecule has 3 heterocycles. The van der Waals surface area contributed by atoms with E-state index in [4.69, 9.17) is 0 Å². The van der Waals surface area contributed by atoms with Gasteiger partial charge in [-0.1, -0.05) is 30.3 Å². The number of nitrogens with zero attached hydrogens (tertiary/aromatic N) is 6. The predicted molar refractivity (Wildman–Crippen MR) is 131 cm³/mol. The van der Waals surface area contributed by atoms with E-state index in [0.29, 0.717) is 44.0 Å². The number of amides is 3. The Hall–Kier alpha value is -3.20. The summed E-state index contributed by atoms with van der Waals surface area (Å²) in [5.41, 5.74) is 1.84. The summed E-state index contributed by atoms with van der Waals surface area (Å²) in [5, 5.41) is 4.54. The van der Waals surface area contributed by atoms with Crippen molar-refractivity contribution in [2.24, 2.45) is 0 Å². The molecule has 2 fully saturated rings. The molecule has 2 aliphatic heterocycles. The van der Waals surface area contributed by atoms with Crippen molar-refractivity contribution in [2.45, 2.75) is 44.8 Å². The maximum absolute atomic E-state index is 13.4. The molecule has 1 aromatic heterocycles. The summed E-state index contributed by atoms with van der Waals surface area (Å²) in [7, 11) is 2.06. The number of benzene rings is 1. The maximum Gasteiger partial charge on any atom is 0.274 e. The highest BCUT2D eigenvalue weighted by molar-refractivity contribution is 5.98. The summed E-state index contributed by atoms with van der Waals surface area (Å²) in [6.07, 6.45) is 3.01. The minimum Gasteiger partial charge on any atom is -0.340 e. The number of carbonyl (C=O) groups is 3. The van der Waals surface area contributed by atoms with E-state index >= 15 is 0 Å². The zero-order chi connectivity index (χ0) is 24.4. The monoisotopic (exact) mass is 478 g/mol. The smallest absolute Gasteiger partial charge is 0.274 e. The molecule has 1 saturated heterocycles. The van der Waals surface area contributed by atoms with Crippen molar-refractivity contribution in [3.05, 3.63) is 53.3 Å². The lowest BCUT2D eigenvalue weighted by Crippen LogP contribution is -2.48. The Morgan fingerprint density at radius 3 is 2.49 bits per heavy atom. The van der Waals surface area contributed by atoms with Crippen LogP contribution in [0.3, 0.4) is 0 Å². The average Bonchev–Trinajstić information content (AvgIpc) is 3.64. The average molecular weight is 479 g/mol. The lowest BCUT2D eigenvalue weighted by Gasteiger charge is -2.33. The Labute approximate surface area is 206 Å². The third-order valence-electron chi connectivity index (χ3n) is 7.19. The van der Waals surface area contributed by atoms with Gasteiger partial charge in [-0.15, -0.1) is 0 Å². The van der Waals surface area contributed by atoms with Gasteiger partial charge < -0.3 is 19.6 Å². The summed E-state index contributed by atoms with van der Waals surface area (Å²) in [4.78, 5) is 47.2. The van der Waals surface area contributed by atoms with Gasteiger partial charge in [0, 0.05) is 70.9 Å². The van der Waals surface area contributed by atoms with Crippen molar-refractivity contribution in [1.82, 2.24) is 29.4 Å². The highest BCUT2D eigenvalue weighted by Gasteiger charge is 2.36. The molecule has 0 unspecified atom stereocenters. The lowest BCUT2D eigenvalue weighted by atomic mass is 10.2. The van der Waals surface area contributed by atoms with Crippen LogP contribution < -0.4 is 0 Å². The minimum absolute atomic E-state index is 0.0962. The molecule has 0 atom stereocenters. The fraction of sp³-hybridized carbons (Fsp3) is 0.538. The molecule has 9 nitrogen and oxygen atoms in total. The molecular formula is C26H34N6O3. The number of hydrogen-bond acceptors (Lipinski definition) is 5. The molecular weight excluding hydrogens is 444 g/mol. The Balaban J connectivity index is 1.26. The van der Waals surface area contributed by atoms with E-state index in [9.17, 15) is 14.4 Å². The Bertz CT molecular complexity index is 1070. The highest BCUT2D eigenvalue weighted by Crippen LogP contribution is 2.29. The van der Waals surface area contributed by atoms with Crippen LogP contribution in [0, 0.1) is 0 Å². The van der Waals surface area contributed by atoms with Crippen molar-refractivity contribution in [1.29, 1.82) is 0 Å². The second-order valence-corrected chi connectivity index (χ2v) is 9.87. The molecule has 1 aromatic carbocycles. The molecule has 0 radical (unpaired) electrons. The topological polar surface area (TPSA) is 82.0 Å². The second-order valence-electron chi connectivity index (χ2n) is 9.87. The normalized spacial score (nSPS) is 18.8. The van der Waals surface area contributed by atoms with Crippen molar-refractivity contribution < 1.29 is 14.4 Å². The summed E-state index contributed by atoms with van der Waals surface area (Å²) in [6.45, 7) is 5.43. The van der Waals surface area contributed by atoms with E-state index < -0.39 is 0 Å². The number of likely N-dealkylation sites (N-methyl/N-ethyl adjacent to an activating group) is 1. The van der Waals surface area contributed by atoms with Crippen molar-refractivity contribution >= 4 is 17.7 Å². The third kappa shape index (κ3) is 5.40. The minimum atomic E-state index is -0.179.